The smallest absolute Gasteiger partial charge is 0.0240 e. The first-order valence-corrected chi connectivity index (χ1v) is 5.10. The van der Waals surface area contributed by atoms with E-state index in [0.29, 0.717) is 0 Å². The molecule has 1 aromatic rings. The van der Waals surface area contributed by atoms with E-state index in [-0.39, 0.29) is 0 Å². The lowest BCUT2D eigenvalue weighted by Gasteiger charge is -2.07. The molecular weight excluding hydrogens is 151 g/mol. The van der Waals surface area contributed by atoms with Gasteiger partial charge in [0.2, 0.25) is 0 Å². The Hall–Kier alpha value is -0.350. The van der Waals surface area contributed by atoms with Crippen molar-refractivity contribution in [2.45, 2.75) is 26.4 Å². The zero-order chi connectivity index (χ0) is 8.27. The molecule has 0 radical (unpaired) electrons. The maximum atomic E-state index is 2.27. The zero-order valence-corrected chi connectivity index (χ0v) is 8.39. The number of hydrogen-bond donors (Lipinski definition) is 0. The number of rotatable bonds is 2. The minimum atomic E-state index is 0.788. The molecule has 1 atom stereocenters. The Morgan fingerprint density at radius 2 is 1.82 bits per heavy atom. The Morgan fingerprint density at radius 1 is 1.18 bits per heavy atom. The summed E-state index contributed by atoms with van der Waals surface area (Å²) in [5.74, 6) is 0. The summed E-state index contributed by atoms with van der Waals surface area (Å²) in [4.78, 5) is 0. The van der Waals surface area contributed by atoms with E-state index in [1.807, 2.05) is 0 Å². The average molecular weight is 166 g/mol. The maximum absolute atomic E-state index is 2.27. The van der Waals surface area contributed by atoms with E-state index in [0.717, 1.165) is 14.2 Å². The van der Waals surface area contributed by atoms with Gasteiger partial charge in [0.25, 0.3) is 0 Å². The molecule has 0 saturated carbocycles. The third-order valence-corrected chi connectivity index (χ3v) is 3.04. The van der Waals surface area contributed by atoms with Crippen molar-refractivity contribution >= 4 is 13.9 Å². The van der Waals surface area contributed by atoms with Crippen LogP contribution in [-0.2, 0) is 0 Å². The van der Waals surface area contributed by atoms with Crippen LogP contribution < -0.4 is 5.30 Å². The molecular formula is C10H15P. The summed E-state index contributed by atoms with van der Waals surface area (Å²) in [6, 6.07) is 8.64. The van der Waals surface area contributed by atoms with E-state index in [1.54, 1.807) is 0 Å². The first-order valence-electron chi connectivity index (χ1n) is 4.02. The second kappa shape index (κ2) is 3.88. The quantitative estimate of drug-likeness (QED) is 0.592. The van der Waals surface area contributed by atoms with Crippen molar-refractivity contribution in [2.75, 3.05) is 0 Å². The van der Waals surface area contributed by atoms with E-state index in [9.17, 15) is 0 Å². The van der Waals surface area contributed by atoms with Crippen LogP contribution in [0.15, 0.2) is 24.3 Å². The fourth-order valence-corrected chi connectivity index (χ4v) is 2.17. The fraction of sp³-hybridized carbons (Fsp3) is 0.400. The van der Waals surface area contributed by atoms with Crippen LogP contribution in [0.4, 0.5) is 0 Å². The minimum Gasteiger partial charge on any atom is -0.0875 e. The molecule has 0 aliphatic heterocycles. The maximum Gasteiger partial charge on any atom is -0.0240 e. The first-order chi connectivity index (χ1) is 5.20. The van der Waals surface area contributed by atoms with Crippen molar-refractivity contribution in [2.24, 2.45) is 0 Å². The summed E-state index contributed by atoms with van der Waals surface area (Å²) in [5.41, 5.74) is 2.22. The van der Waals surface area contributed by atoms with Gasteiger partial charge < -0.3 is 0 Å². The number of hydrogen-bond acceptors (Lipinski definition) is 0. The molecule has 0 amide bonds. The lowest BCUT2D eigenvalue weighted by molar-refractivity contribution is 1.11. The van der Waals surface area contributed by atoms with Crippen LogP contribution in [0.5, 0.6) is 0 Å². The number of benzene rings is 1. The monoisotopic (exact) mass is 166 g/mol. The molecule has 11 heavy (non-hydrogen) atoms. The van der Waals surface area contributed by atoms with Gasteiger partial charge in [-0.1, -0.05) is 46.7 Å². The number of aryl methyl sites for hydroxylation is 1. The molecule has 0 N–H and O–H groups in total. The largest absolute Gasteiger partial charge is 0.0875 e. The molecule has 0 fully saturated rings. The van der Waals surface area contributed by atoms with Gasteiger partial charge in [0.15, 0.2) is 0 Å². The van der Waals surface area contributed by atoms with E-state index >= 15 is 0 Å². The highest BCUT2D eigenvalue weighted by Gasteiger charge is 1.98. The van der Waals surface area contributed by atoms with Gasteiger partial charge >= 0.3 is 0 Å². The van der Waals surface area contributed by atoms with Crippen LogP contribution >= 0.6 is 8.58 Å². The van der Waals surface area contributed by atoms with Gasteiger partial charge in [0.05, 0.1) is 0 Å². The van der Waals surface area contributed by atoms with Gasteiger partial charge in [-0.25, -0.2) is 0 Å². The average Bonchev–Trinajstić information content (AvgIpc) is 1.93. The molecule has 1 aromatic carbocycles. The van der Waals surface area contributed by atoms with Crippen molar-refractivity contribution in [1.29, 1.82) is 0 Å². The van der Waals surface area contributed by atoms with E-state index in [4.69, 9.17) is 0 Å². The molecule has 0 heterocycles. The summed E-state index contributed by atoms with van der Waals surface area (Å²) in [6.45, 7) is 6.72. The van der Waals surface area contributed by atoms with Gasteiger partial charge in [-0.2, -0.15) is 0 Å². The Morgan fingerprint density at radius 3 is 2.36 bits per heavy atom. The summed E-state index contributed by atoms with van der Waals surface area (Å²) >= 11 is 0. The van der Waals surface area contributed by atoms with Gasteiger partial charge in [0, 0.05) is 0 Å². The predicted octanol–water partition coefficient (Wildman–Crippen LogP) is 2.71. The van der Waals surface area contributed by atoms with Gasteiger partial charge in [-0.3, -0.25) is 0 Å². The molecule has 1 unspecified atom stereocenters. The molecule has 0 aliphatic carbocycles. The van der Waals surface area contributed by atoms with Gasteiger partial charge in [-0.05, 0) is 23.5 Å². The molecule has 0 aliphatic rings. The second-order valence-electron chi connectivity index (χ2n) is 3.11. The highest BCUT2D eigenvalue weighted by atomic mass is 31.1. The summed E-state index contributed by atoms with van der Waals surface area (Å²) in [5, 5.41) is 1.52. The summed E-state index contributed by atoms with van der Waals surface area (Å²) < 4.78 is 0. The lowest BCUT2D eigenvalue weighted by Crippen LogP contribution is -2.02. The van der Waals surface area contributed by atoms with Crippen molar-refractivity contribution in [3.05, 3.63) is 29.8 Å². The van der Waals surface area contributed by atoms with Crippen LogP contribution in [-0.4, -0.2) is 5.66 Å². The van der Waals surface area contributed by atoms with E-state index in [2.05, 4.69) is 45.0 Å². The predicted molar refractivity (Wildman–Crippen MR) is 54.3 cm³/mol. The van der Waals surface area contributed by atoms with Crippen LogP contribution in [0.2, 0.25) is 0 Å². The third kappa shape index (κ3) is 2.63. The summed E-state index contributed by atoms with van der Waals surface area (Å²) in [7, 11) is 0.960. The zero-order valence-electron chi connectivity index (χ0n) is 7.39. The van der Waals surface area contributed by atoms with E-state index < -0.39 is 0 Å². The van der Waals surface area contributed by atoms with Crippen LogP contribution in [0, 0.1) is 6.92 Å². The van der Waals surface area contributed by atoms with Crippen molar-refractivity contribution in [3.63, 3.8) is 0 Å². The van der Waals surface area contributed by atoms with Crippen molar-refractivity contribution in [3.8, 4) is 0 Å². The molecule has 0 saturated heterocycles. The summed E-state index contributed by atoms with van der Waals surface area (Å²) in [6.07, 6.45) is 0. The fourth-order valence-electron chi connectivity index (χ4n) is 1.05. The molecule has 0 nitrogen and oxygen atoms in total. The Kier molecular flexibility index (Phi) is 3.08. The Bertz CT molecular complexity index is 228. The van der Waals surface area contributed by atoms with Crippen molar-refractivity contribution < 1.29 is 0 Å². The minimum absolute atomic E-state index is 0.788. The topological polar surface area (TPSA) is 0 Å². The molecule has 0 aromatic heterocycles. The molecule has 0 bridgehead atoms. The van der Waals surface area contributed by atoms with Gasteiger partial charge in [0.1, 0.15) is 0 Å². The standard InChI is InChI=1S/C10H15P/c1-8(2)11-10-7-5-4-6-9(10)3/h4-8,11H,1-3H3. The second-order valence-corrected chi connectivity index (χ2v) is 5.10. The molecule has 1 heteroatoms. The first kappa shape index (κ1) is 8.74. The normalized spacial score (nSPS) is 11.6. The SMILES string of the molecule is Cc1ccccc1PC(C)C. The van der Waals surface area contributed by atoms with Crippen LogP contribution in [0.25, 0.3) is 0 Å². The van der Waals surface area contributed by atoms with Crippen LogP contribution in [0.1, 0.15) is 19.4 Å². The highest BCUT2D eigenvalue weighted by molar-refractivity contribution is 7.48. The highest BCUT2D eigenvalue weighted by Crippen LogP contribution is 2.18. The Labute approximate surface area is 70.8 Å². The molecule has 0 spiro atoms. The third-order valence-electron chi connectivity index (χ3n) is 1.59. The Balaban J connectivity index is 2.78. The van der Waals surface area contributed by atoms with Crippen LogP contribution in [0.3, 0.4) is 0 Å². The van der Waals surface area contributed by atoms with E-state index in [1.165, 1.54) is 10.9 Å². The molecule has 60 valence electrons. The van der Waals surface area contributed by atoms with Crippen molar-refractivity contribution in [1.82, 2.24) is 0 Å². The van der Waals surface area contributed by atoms with Gasteiger partial charge in [-0.15, -0.1) is 0 Å². The molecule has 1 rings (SSSR count). The lowest BCUT2D eigenvalue weighted by atomic mass is 10.2.